The number of hydrogen-bond donors (Lipinski definition) is 1. The van der Waals surface area contributed by atoms with Gasteiger partial charge in [0.15, 0.2) is 0 Å². The Balaban J connectivity index is 2.55. The number of phenolic OH excluding ortho intramolecular Hbond substituents is 1. The van der Waals surface area contributed by atoms with Crippen molar-refractivity contribution in [1.29, 1.82) is 5.26 Å². The Morgan fingerprint density at radius 2 is 2.06 bits per heavy atom. The summed E-state index contributed by atoms with van der Waals surface area (Å²) < 4.78 is 12.8. The molecule has 1 aromatic heterocycles. The van der Waals surface area contributed by atoms with E-state index >= 15 is 0 Å². The molecule has 0 unspecified atom stereocenters. The molecule has 0 saturated heterocycles. The first-order chi connectivity index (χ1) is 7.70. The van der Waals surface area contributed by atoms with Crippen LogP contribution in [-0.2, 0) is 0 Å². The van der Waals surface area contributed by atoms with E-state index in [9.17, 15) is 9.50 Å². The monoisotopic (exact) mass is 214 g/mol. The molecule has 16 heavy (non-hydrogen) atoms. The van der Waals surface area contributed by atoms with E-state index in [1.807, 2.05) is 6.07 Å². The summed E-state index contributed by atoms with van der Waals surface area (Å²) in [6.07, 6.45) is 2.93. The zero-order valence-electron chi connectivity index (χ0n) is 8.18. The van der Waals surface area contributed by atoms with Crippen LogP contribution in [0.3, 0.4) is 0 Å². The molecule has 1 heterocycles. The van der Waals surface area contributed by atoms with Gasteiger partial charge in [0.05, 0.1) is 5.56 Å². The predicted octanol–water partition coefficient (Wildman–Crippen LogP) is 2.46. The van der Waals surface area contributed by atoms with Gasteiger partial charge in [0.25, 0.3) is 0 Å². The Bertz CT molecular complexity index is 575. The maximum Gasteiger partial charge on any atom is 0.126 e. The molecule has 1 aromatic carbocycles. The van der Waals surface area contributed by atoms with Crippen molar-refractivity contribution in [3.8, 4) is 22.9 Å². The van der Waals surface area contributed by atoms with E-state index in [1.165, 1.54) is 24.5 Å². The lowest BCUT2D eigenvalue weighted by Gasteiger charge is -2.04. The summed E-state index contributed by atoms with van der Waals surface area (Å²) in [7, 11) is 0. The van der Waals surface area contributed by atoms with Crippen LogP contribution in [0.2, 0.25) is 0 Å². The average molecular weight is 214 g/mol. The van der Waals surface area contributed by atoms with Gasteiger partial charge in [0.2, 0.25) is 0 Å². The highest BCUT2D eigenvalue weighted by molar-refractivity contribution is 5.70. The second kappa shape index (κ2) is 3.99. The molecule has 3 nitrogen and oxygen atoms in total. The molecular formula is C12H7FN2O. The molecule has 0 spiro atoms. The van der Waals surface area contributed by atoms with E-state index in [1.54, 1.807) is 6.07 Å². The SMILES string of the molecule is N#Cc1cncc(-c2ccc(F)cc2O)c1. The molecular weight excluding hydrogens is 207 g/mol. The fraction of sp³-hybridized carbons (Fsp3) is 0. The Morgan fingerprint density at radius 3 is 2.75 bits per heavy atom. The van der Waals surface area contributed by atoms with Crippen LogP contribution in [0.25, 0.3) is 11.1 Å². The predicted molar refractivity (Wildman–Crippen MR) is 56.0 cm³/mol. The van der Waals surface area contributed by atoms with Crippen molar-refractivity contribution in [1.82, 2.24) is 4.98 Å². The molecule has 0 aliphatic rings. The second-order valence-electron chi connectivity index (χ2n) is 3.24. The third-order valence-electron chi connectivity index (χ3n) is 2.14. The third-order valence-corrected chi connectivity index (χ3v) is 2.14. The van der Waals surface area contributed by atoms with Gasteiger partial charge >= 0.3 is 0 Å². The van der Waals surface area contributed by atoms with Crippen LogP contribution in [0, 0.1) is 17.1 Å². The molecule has 0 radical (unpaired) electrons. The summed E-state index contributed by atoms with van der Waals surface area (Å²) in [4.78, 5) is 3.87. The average Bonchev–Trinajstić information content (AvgIpc) is 2.29. The number of rotatable bonds is 1. The zero-order valence-corrected chi connectivity index (χ0v) is 8.18. The van der Waals surface area contributed by atoms with Crippen molar-refractivity contribution in [2.24, 2.45) is 0 Å². The first kappa shape index (κ1) is 10.1. The minimum atomic E-state index is -0.509. The van der Waals surface area contributed by atoms with E-state index in [0.717, 1.165) is 6.07 Å². The van der Waals surface area contributed by atoms with Crippen LogP contribution < -0.4 is 0 Å². The van der Waals surface area contributed by atoms with E-state index in [-0.39, 0.29) is 5.75 Å². The van der Waals surface area contributed by atoms with Gasteiger partial charge in [0.1, 0.15) is 17.6 Å². The Kier molecular flexibility index (Phi) is 2.52. The smallest absolute Gasteiger partial charge is 0.126 e. The van der Waals surface area contributed by atoms with Crippen LogP contribution in [0.1, 0.15) is 5.56 Å². The summed E-state index contributed by atoms with van der Waals surface area (Å²) in [5, 5.41) is 18.3. The number of benzene rings is 1. The number of nitriles is 1. The fourth-order valence-electron chi connectivity index (χ4n) is 1.40. The number of pyridine rings is 1. The highest BCUT2D eigenvalue weighted by Crippen LogP contribution is 2.29. The Morgan fingerprint density at radius 1 is 1.25 bits per heavy atom. The van der Waals surface area contributed by atoms with Crippen LogP contribution in [0.4, 0.5) is 4.39 Å². The van der Waals surface area contributed by atoms with Gasteiger partial charge in [-0.3, -0.25) is 4.98 Å². The van der Waals surface area contributed by atoms with E-state index in [4.69, 9.17) is 5.26 Å². The topological polar surface area (TPSA) is 56.9 Å². The molecule has 2 rings (SSSR count). The van der Waals surface area contributed by atoms with Crippen molar-refractivity contribution < 1.29 is 9.50 Å². The summed E-state index contributed by atoms with van der Waals surface area (Å²) in [6, 6.07) is 7.25. The molecule has 1 N–H and O–H groups in total. The molecule has 0 aliphatic carbocycles. The van der Waals surface area contributed by atoms with Crippen LogP contribution >= 0.6 is 0 Å². The standard InChI is InChI=1S/C12H7FN2O/c13-10-1-2-11(12(16)4-10)9-3-8(5-14)6-15-7-9/h1-4,6-7,16H. The van der Waals surface area contributed by atoms with Crippen LogP contribution in [0.15, 0.2) is 36.7 Å². The lowest BCUT2D eigenvalue weighted by molar-refractivity contribution is 0.471. The summed E-state index contributed by atoms with van der Waals surface area (Å²) in [5.74, 6) is -0.678. The second-order valence-corrected chi connectivity index (χ2v) is 3.24. The van der Waals surface area contributed by atoms with E-state index in [0.29, 0.717) is 16.7 Å². The van der Waals surface area contributed by atoms with Crippen molar-refractivity contribution in [2.45, 2.75) is 0 Å². The Labute approximate surface area is 91.4 Å². The number of nitrogens with zero attached hydrogens (tertiary/aromatic N) is 2. The van der Waals surface area contributed by atoms with Gasteiger partial charge < -0.3 is 5.11 Å². The maximum atomic E-state index is 12.8. The van der Waals surface area contributed by atoms with Gasteiger partial charge in [-0.15, -0.1) is 0 Å². The van der Waals surface area contributed by atoms with Gasteiger partial charge in [-0.2, -0.15) is 5.26 Å². The van der Waals surface area contributed by atoms with Crippen molar-refractivity contribution >= 4 is 0 Å². The lowest BCUT2D eigenvalue weighted by atomic mass is 10.1. The number of hydrogen-bond acceptors (Lipinski definition) is 3. The van der Waals surface area contributed by atoms with Gasteiger partial charge in [-0.25, -0.2) is 4.39 Å². The van der Waals surface area contributed by atoms with E-state index < -0.39 is 5.82 Å². The fourth-order valence-corrected chi connectivity index (χ4v) is 1.40. The lowest BCUT2D eigenvalue weighted by Crippen LogP contribution is -1.85. The van der Waals surface area contributed by atoms with Crippen molar-refractivity contribution in [3.05, 3.63) is 48.0 Å². The number of aromatic nitrogens is 1. The number of halogens is 1. The minimum Gasteiger partial charge on any atom is -0.507 e. The molecule has 0 bridgehead atoms. The van der Waals surface area contributed by atoms with Gasteiger partial charge in [-0.1, -0.05) is 0 Å². The van der Waals surface area contributed by atoms with Crippen molar-refractivity contribution in [2.75, 3.05) is 0 Å². The normalized spacial score (nSPS) is 9.75. The van der Waals surface area contributed by atoms with E-state index in [2.05, 4.69) is 4.98 Å². The Hall–Kier alpha value is -2.41. The molecule has 0 fully saturated rings. The molecule has 78 valence electrons. The highest BCUT2D eigenvalue weighted by atomic mass is 19.1. The molecule has 0 aliphatic heterocycles. The summed E-state index contributed by atoms with van der Waals surface area (Å²) >= 11 is 0. The largest absolute Gasteiger partial charge is 0.507 e. The minimum absolute atomic E-state index is 0.170. The number of phenols is 1. The third kappa shape index (κ3) is 1.84. The zero-order chi connectivity index (χ0) is 11.5. The van der Waals surface area contributed by atoms with Gasteiger partial charge in [0, 0.05) is 29.6 Å². The van der Waals surface area contributed by atoms with Crippen molar-refractivity contribution in [3.63, 3.8) is 0 Å². The highest BCUT2D eigenvalue weighted by Gasteiger charge is 2.06. The first-order valence-corrected chi connectivity index (χ1v) is 4.55. The van der Waals surface area contributed by atoms with Gasteiger partial charge in [-0.05, 0) is 18.2 Å². The molecule has 0 amide bonds. The number of aromatic hydroxyl groups is 1. The molecule has 2 aromatic rings. The quantitative estimate of drug-likeness (QED) is 0.793. The maximum absolute atomic E-state index is 12.8. The summed E-state index contributed by atoms with van der Waals surface area (Å²) in [5.41, 5.74) is 1.42. The van der Waals surface area contributed by atoms with Crippen LogP contribution in [-0.4, -0.2) is 10.1 Å². The molecule has 0 saturated carbocycles. The summed E-state index contributed by atoms with van der Waals surface area (Å²) in [6.45, 7) is 0. The molecule has 0 atom stereocenters. The van der Waals surface area contributed by atoms with Crippen LogP contribution in [0.5, 0.6) is 5.75 Å². The molecule has 4 heteroatoms. The first-order valence-electron chi connectivity index (χ1n) is 4.55.